The Morgan fingerprint density at radius 3 is 2.31 bits per heavy atom. The van der Waals surface area contributed by atoms with Crippen LogP contribution in [0.5, 0.6) is 0 Å². The van der Waals surface area contributed by atoms with Crippen molar-refractivity contribution in [2.45, 2.75) is 24.1 Å². The summed E-state index contributed by atoms with van der Waals surface area (Å²) in [5, 5.41) is 36.7. The van der Waals surface area contributed by atoms with E-state index in [2.05, 4.69) is 9.26 Å². The van der Waals surface area contributed by atoms with E-state index >= 15 is 0 Å². The third kappa shape index (κ3) is 2.98. The first-order valence-electron chi connectivity index (χ1n) is 4.27. The van der Waals surface area contributed by atoms with Gasteiger partial charge in [0.1, 0.15) is 18.3 Å². The molecule has 96 valence electrons. The highest BCUT2D eigenvalue weighted by molar-refractivity contribution is 7.46. The van der Waals surface area contributed by atoms with E-state index in [-0.39, 0.29) is 0 Å². The van der Waals surface area contributed by atoms with E-state index < -0.39 is 45.1 Å². The fraction of sp³-hybridized carbons (Fsp3) is 1.00. The summed E-state index contributed by atoms with van der Waals surface area (Å²) in [7, 11) is -4.73. The van der Waals surface area contributed by atoms with Gasteiger partial charge in [0, 0.05) is 0 Å². The molecule has 10 heteroatoms. The van der Waals surface area contributed by atoms with Crippen molar-refractivity contribution in [1.29, 1.82) is 0 Å². The molecule has 0 aromatic rings. The van der Waals surface area contributed by atoms with Gasteiger partial charge in [0.25, 0.3) is 0 Å². The molecule has 6 N–H and O–H groups in total. The molecule has 0 aliphatic carbocycles. The number of hydrogen-bond acceptors (Lipinski definition) is 7. The van der Waals surface area contributed by atoms with E-state index in [9.17, 15) is 19.9 Å². The maximum Gasteiger partial charge on any atom is 0.469 e. The summed E-state index contributed by atoms with van der Waals surface area (Å²) < 4.78 is 19.1. The quantitative estimate of drug-likeness (QED) is 0.288. The first-order valence-corrected chi connectivity index (χ1v) is 5.80. The minimum Gasteiger partial charge on any atom is -0.391 e. The molecule has 1 heterocycles. The van der Waals surface area contributed by atoms with Crippen LogP contribution in [0.15, 0.2) is 0 Å². The van der Waals surface area contributed by atoms with Crippen LogP contribution in [0.4, 0.5) is 0 Å². The number of phosphoric ester groups is 1. The van der Waals surface area contributed by atoms with Crippen LogP contribution in [0.2, 0.25) is 0 Å². The molecule has 0 spiro atoms. The lowest BCUT2D eigenvalue weighted by Gasteiger charge is -2.22. The van der Waals surface area contributed by atoms with Crippen molar-refractivity contribution in [3.8, 4) is 0 Å². The Kier molecular flexibility index (Phi) is 4.06. The Morgan fingerprint density at radius 2 is 1.94 bits per heavy atom. The van der Waals surface area contributed by atoms with Gasteiger partial charge in [-0.15, -0.1) is 0 Å². The van der Waals surface area contributed by atoms with Crippen LogP contribution in [0.3, 0.4) is 0 Å². The lowest BCUT2D eigenvalue weighted by molar-refractivity contribution is -0.247. The molecule has 0 aromatic heterocycles. The first-order chi connectivity index (χ1) is 7.19. The second-order valence-corrected chi connectivity index (χ2v) is 4.62. The molecule has 1 rings (SSSR count). The number of phosphoric acid groups is 1. The molecule has 1 unspecified atom stereocenters. The van der Waals surface area contributed by atoms with Crippen molar-refractivity contribution in [1.82, 2.24) is 0 Å². The molecule has 4 atom stereocenters. The van der Waals surface area contributed by atoms with Crippen LogP contribution in [0.1, 0.15) is 0 Å². The van der Waals surface area contributed by atoms with Crippen LogP contribution in [0.25, 0.3) is 0 Å². The van der Waals surface area contributed by atoms with Crippen molar-refractivity contribution in [3.05, 3.63) is 0 Å². The van der Waals surface area contributed by atoms with Gasteiger partial charge >= 0.3 is 7.82 Å². The molecule has 0 amide bonds. The standard InChI is InChI=1S/C6H13O9P/c7-2-6(10)5(9)4(8)3(15-6)1-14-16(11,12)13/h3-5,7-10H,1-2H2,(H2,11,12,13)/t3-,4+,5?,6-/m1/s1. The Balaban J connectivity index is 2.61. The molecule has 1 saturated heterocycles. The Bertz CT molecular complexity index is 290. The van der Waals surface area contributed by atoms with Crippen LogP contribution < -0.4 is 0 Å². The molecule has 1 fully saturated rings. The van der Waals surface area contributed by atoms with Crippen molar-refractivity contribution in [2.24, 2.45) is 0 Å². The van der Waals surface area contributed by atoms with Crippen molar-refractivity contribution in [3.63, 3.8) is 0 Å². The highest BCUT2D eigenvalue weighted by Crippen LogP contribution is 2.38. The Labute approximate surface area is 90.1 Å². The predicted octanol–water partition coefficient (Wildman–Crippen LogP) is -3.10. The van der Waals surface area contributed by atoms with Crippen molar-refractivity contribution >= 4 is 7.82 Å². The van der Waals surface area contributed by atoms with Crippen molar-refractivity contribution < 1.29 is 44.0 Å². The molecule has 0 bridgehead atoms. The lowest BCUT2D eigenvalue weighted by Crippen LogP contribution is -2.46. The third-order valence-electron chi connectivity index (χ3n) is 2.16. The molecule has 0 aromatic carbocycles. The topological polar surface area (TPSA) is 157 Å². The normalized spacial score (nSPS) is 40.2. The number of ether oxygens (including phenoxy) is 1. The van der Waals surface area contributed by atoms with Gasteiger partial charge in [0.15, 0.2) is 0 Å². The highest BCUT2D eigenvalue weighted by Gasteiger charge is 2.53. The predicted molar refractivity (Wildman–Crippen MR) is 46.9 cm³/mol. The maximum absolute atomic E-state index is 10.4. The van der Waals surface area contributed by atoms with E-state index in [0.29, 0.717) is 0 Å². The Hall–Kier alpha value is -0.0900. The summed E-state index contributed by atoms with van der Waals surface area (Å²) in [6.07, 6.45) is -4.76. The SMILES string of the molecule is O=P(O)(O)OC[C@H]1O[C@](O)(CO)C(O)[C@H]1O. The van der Waals surface area contributed by atoms with Gasteiger partial charge in [0.05, 0.1) is 13.2 Å². The molecule has 16 heavy (non-hydrogen) atoms. The second kappa shape index (κ2) is 4.65. The summed E-state index contributed by atoms with van der Waals surface area (Å²) >= 11 is 0. The van der Waals surface area contributed by atoms with Crippen LogP contribution >= 0.6 is 7.82 Å². The van der Waals surface area contributed by atoms with Gasteiger partial charge in [0.2, 0.25) is 5.79 Å². The van der Waals surface area contributed by atoms with Crippen LogP contribution in [-0.2, 0) is 13.8 Å². The van der Waals surface area contributed by atoms with Gasteiger partial charge < -0.3 is 34.9 Å². The molecule has 9 nitrogen and oxygen atoms in total. The molecule has 0 saturated carbocycles. The van der Waals surface area contributed by atoms with Gasteiger partial charge in [-0.2, -0.15) is 0 Å². The third-order valence-corrected chi connectivity index (χ3v) is 2.64. The summed E-state index contributed by atoms with van der Waals surface area (Å²) in [5.74, 6) is -2.36. The molecular weight excluding hydrogens is 247 g/mol. The van der Waals surface area contributed by atoms with E-state index in [1.54, 1.807) is 0 Å². The number of rotatable bonds is 4. The summed E-state index contributed by atoms with van der Waals surface area (Å²) in [5.41, 5.74) is 0. The van der Waals surface area contributed by atoms with Gasteiger partial charge in [-0.05, 0) is 0 Å². The summed E-state index contributed by atoms with van der Waals surface area (Å²) in [4.78, 5) is 16.8. The number of hydrogen-bond donors (Lipinski definition) is 6. The zero-order chi connectivity index (χ0) is 12.6. The molecule has 1 aliphatic heterocycles. The molecule has 0 radical (unpaired) electrons. The smallest absolute Gasteiger partial charge is 0.391 e. The van der Waals surface area contributed by atoms with Gasteiger partial charge in [-0.25, -0.2) is 4.57 Å². The summed E-state index contributed by atoms with van der Waals surface area (Å²) in [6.45, 7) is -1.71. The number of aliphatic hydroxyl groups excluding tert-OH is 3. The zero-order valence-corrected chi connectivity index (χ0v) is 8.90. The number of aliphatic hydroxyl groups is 4. The van der Waals surface area contributed by atoms with E-state index in [1.807, 2.05) is 0 Å². The largest absolute Gasteiger partial charge is 0.469 e. The molecule has 1 aliphatic rings. The first kappa shape index (κ1) is 14.0. The highest BCUT2D eigenvalue weighted by atomic mass is 31.2. The monoisotopic (exact) mass is 260 g/mol. The second-order valence-electron chi connectivity index (χ2n) is 3.38. The fourth-order valence-corrected chi connectivity index (χ4v) is 1.65. The van der Waals surface area contributed by atoms with Gasteiger partial charge in [-0.3, -0.25) is 4.52 Å². The maximum atomic E-state index is 10.4. The van der Waals surface area contributed by atoms with Crippen LogP contribution in [0, 0.1) is 0 Å². The van der Waals surface area contributed by atoms with E-state index in [0.717, 1.165) is 0 Å². The van der Waals surface area contributed by atoms with Crippen molar-refractivity contribution in [2.75, 3.05) is 13.2 Å². The van der Waals surface area contributed by atoms with Gasteiger partial charge in [-0.1, -0.05) is 0 Å². The average Bonchev–Trinajstić information content (AvgIpc) is 2.40. The average molecular weight is 260 g/mol. The fourth-order valence-electron chi connectivity index (χ4n) is 1.31. The van der Waals surface area contributed by atoms with E-state index in [1.165, 1.54) is 0 Å². The summed E-state index contributed by atoms with van der Waals surface area (Å²) in [6, 6.07) is 0. The van der Waals surface area contributed by atoms with Crippen LogP contribution in [-0.4, -0.2) is 67.5 Å². The Morgan fingerprint density at radius 1 is 1.38 bits per heavy atom. The minimum atomic E-state index is -4.73. The zero-order valence-electron chi connectivity index (χ0n) is 8.00. The minimum absolute atomic E-state index is 0.731. The molecular formula is C6H13O9P. The lowest BCUT2D eigenvalue weighted by atomic mass is 10.1. The van der Waals surface area contributed by atoms with E-state index in [4.69, 9.17) is 14.9 Å².